The molecule has 0 spiro atoms. The number of hydrogen-bond donors (Lipinski definition) is 3. The Morgan fingerprint density at radius 1 is 1.12 bits per heavy atom. The summed E-state index contributed by atoms with van der Waals surface area (Å²) in [7, 11) is 0. The Hall–Kier alpha value is -3.36. The molecule has 3 rings (SSSR count). The summed E-state index contributed by atoms with van der Waals surface area (Å²) in [4.78, 5) is 50.6. The number of carboxylic acid groups (broad SMARTS) is 1. The van der Waals surface area contributed by atoms with Crippen LogP contribution in [-0.2, 0) is 20.9 Å². The third kappa shape index (κ3) is 9.83. The monoisotopic (exact) mass is 593 g/mol. The van der Waals surface area contributed by atoms with Crippen molar-refractivity contribution in [2.24, 2.45) is 11.8 Å². The number of carbonyl (C=O) groups is 4. The van der Waals surface area contributed by atoms with Gasteiger partial charge in [0.2, 0.25) is 5.91 Å². The normalized spacial score (nSPS) is 18.8. The Labute approximate surface area is 263 Å². The van der Waals surface area contributed by atoms with Crippen molar-refractivity contribution in [1.29, 1.82) is 0 Å². The Balaban J connectivity index is 0.00000645. The molecule has 0 bridgehead atoms. The predicted molar refractivity (Wildman–Crippen MR) is 152 cm³/mol. The molecule has 0 unspecified atom stereocenters. The summed E-state index contributed by atoms with van der Waals surface area (Å²) in [6, 6.07) is 3.07. The van der Waals surface area contributed by atoms with Gasteiger partial charge in [-0.2, -0.15) is 5.10 Å². The topological polar surface area (TPSA) is 154 Å². The van der Waals surface area contributed by atoms with Crippen LogP contribution in [0.5, 0.6) is 0 Å². The van der Waals surface area contributed by atoms with E-state index in [9.17, 15) is 24.3 Å². The summed E-state index contributed by atoms with van der Waals surface area (Å²) in [6.45, 7) is 10.9. The largest absolute Gasteiger partial charge is 1.00 e. The van der Waals surface area contributed by atoms with E-state index in [0.717, 1.165) is 31.7 Å². The maximum atomic E-state index is 15.3. The van der Waals surface area contributed by atoms with Gasteiger partial charge in [0, 0.05) is 18.7 Å². The Morgan fingerprint density at radius 2 is 1.77 bits per heavy atom. The van der Waals surface area contributed by atoms with Crippen molar-refractivity contribution >= 4 is 29.6 Å². The second kappa shape index (κ2) is 15.4. The van der Waals surface area contributed by atoms with Gasteiger partial charge >= 0.3 is 25.0 Å². The van der Waals surface area contributed by atoms with E-state index in [1.807, 2.05) is 6.92 Å². The standard InChI is InChI=1S/C30H42FN5O6.Li/c1-7-36-23(14-15-32-36)26(37)34-25(19-10-8-17(2)9-11-19)27(38)33-22-13-12-20(16-21(22)31)18(3)24(28(39)40)35-29(41)42-30(4,5)6;/h12-19,24-25H,7-11H2,1-6H3,(H,33,38)(H,34,37)(H,35,41)(H,39,40);/q;+1/p-1/t17?,18-,19?,24+,25-;/m0./s1. The van der Waals surface area contributed by atoms with Crippen LogP contribution < -0.4 is 39.9 Å². The molecule has 3 atom stereocenters. The van der Waals surface area contributed by atoms with Crippen molar-refractivity contribution in [3.8, 4) is 0 Å². The number of carbonyl (C=O) groups excluding carboxylic acids is 4. The quantitative estimate of drug-likeness (QED) is 0.336. The van der Waals surface area contributed by atoms with Crippen LogP contribution in [0.4, 0.5) is 14.9 Å². The van der Waals surface area contributed by atoms with Crippen molar-refractivity contribution in [2.75, 3.05) is 5.32 Å². The van der Waals surface area contributed by atoms with E-state index in [-0.39, 0.29) is 36.0 Å². The molecular weight excluding hydrogens is 552 g/mol. The van der Waals surface area contributed by atoms with Crippen molar-refractivity contribution in [2.45, 2.75) is 97.4 Å². The average molecular weight is 594 g/mol. The van der Waals surface area contributed by atoms with E-state index in [1.54, 1.807) is 26.8 Å². The molecule has 1 fully saturated rings. The Morgan fingerprint density at radius 3 is 2.33 bits per heavy atom. The molecular formula is C30H41FLiN5O6. The van der Waals surface area contributed by atoms with Crippen molar-refractivity contribution in [3.05, 3.63) is 47.5 Å². The molecule has 230 valence electrons. The minimum Gasteiger partial charge on any atom is -0.548 e. The van der Waals surface area contributed by atoms with E-state index in [1.165, 1.54) is 29.9 Å². The maximum Gasteiger partial charge on any atom is 1.00 e. The molecule has 0 saturated heterocycles. The number of amides is 3. The van der Waals surface area contributed by atoms with E-state index < -0.39 is 53.3 Å². The third-order valence-electron chi connectivity index (χ3n) is 7.55. The van der Waals surface area contributed by atoms with Crippen LogP contribution in [0.1, 0.15) is 89.2 Å². The van der Waals surface area contributed by atoms with Crippen LogP contribution >= 0.6 is 0 Å². The van der Waals surface area contributed by atoms with Gasteiger partial charge in [-0.25, -0.2) is 9.18 Å². The molecule has 13 heteroatoms. The molecule has 2 aromatic rings. The van der Waals surface area contributed by atoms with Gasteiger partial charge < -0.3 is 30.6 Å². The zero-order valence-corrected chi connectivity index (χ0v) is 26.0. The maximum absolute atomic E-state index is 15.3. The molecule has 0 radical (unpaired) electrons. The minimum atomic E-state index is -1.56. The fourth-order valence-electron chi connectivity index (χ4n) is 5.15. The third-order valence-corrected chi connectivity index (χ3v) is 7.55. The van der Waals surface area contributed by atoms with Gasteiger partial charge in [0.25, 0.3) is 5.91 Å². The second-order valence-corrected chi connectivity index (χ2v) is 12.0. The number of rotatable bonds is 10. The molecule has 3 N–H and O–H groups in total. The van der Waals surface area contributed by atoms with E-state index in [0.29, 0.717) is 18.2 Å². The second-order valence-electron chi connectivity index (χ2n) is 12.0. The van der Waals surface area contributed by atoms with Crippen molar-refractivity contribution in [1.82, 2.24) is 20.4 Å². The van der Waals surface area contributed by atoms with Crippen LogP contribution in [0, 0.1) is 17.7 Å². The molecule has 1 aromatic carbocycles. The molecule has 1 aromatic heterocycles. The van der Waals surface area contributed by atoms with Gasteiger partial charge in [0.15, 0.2) is 0 Å². The number of halogens is 1. The average Bonchev–Trinajstić information content (AvgIpc) is 3.39. The van der Waals surface area contributed by atoms with Gasteiger partial charge in [-0.05, 0) is 76.1 Å². The number of nitrogens with zero attached hydrogens (tertiary/aromatic N) is 2. The summed E-state index contributed by atoms with van der Waals surface area (Å²) in [5.41, 5.74) is -0.385. The first-order valence-corrected chi connectivity index (χ1v) is 14.3. The molecule has 11 nitrogen and oxygen atoms in total. The van der Waals surface area contributed by atoms with E-state index in [2.05, 4.69) is 28.0 Å². The predicted octanol–water partition coefficient (Wildman–Crippen LogP) is 0.356. The molecule has 0 aliphatic heterocycles. The SMILES string of the molecule is CCn1nccc1C(=O)N[C@H](C(=O)Nc1ccc([C@H](C)[C@@H](NC(=O)OC(C)(C)C)C(=O)[O-])cc1F)C1CCC(C)CC1.[Li+]. The molecule has 43 heavy (non-hydrogen) atoms. The number of carboxylic acids is 1. The molecule has 1 aliphatic carbocycles. The summed E-state index contributed by atoms with van der Waals surface area (Å²) >= 11 is 0. The Bertz CT molecular complexity index is 1290. The van der Waals surface area contributed by atoms with Crippen LogP contribution in [0.15, 0.2) is 30.5 Å². The van der Waals surface area contributed by atoms with Crippen LogP contribution in [0.2, 0.25) is 0 Å². The number of alkyl carbamates (subject to hydrolysis) is 1. The number of aromatic nitrogens is 2. The van der Waals surface area contributed by atoms with E-state index in [4.69, 9.17) is 4.74 Å². The summed E-state index contributed by atoms with van der Waals surface area (Å²) in [5, 5.41) is 23.6. The van der Waals surface area contributed by atoms with Gasteiger partial charge in [-0.1, -0.05) is 32.8 Å². The number of aryl methyl sites for hydroxylation is 1. The van der Waals surface area contributed by atoms with Crippen molar-refractivity contribution < 1.29 is 52.3 Å². The first-order valence-electron chi connectivity index (χ1n) is 14.3. The fourth-order valence-corrected chi connectivity index (χ4v) is 5.15. The number of hydrogen-bond acceptors (Lipinski definition) is 7. The zero-order chi connectivity index (χ0) is 31.2. The number of nitrogens with one attached hydrogen (secondary N) is 3. The first kappa shape index (κ1) is 35.8. The fraction of sp³-hybridized carbons (Fsp3) is 0.567. The van der Waals surface area contributed by atoms with Gasteiger partial charge in [0.1, 0.15) is 23.2 Å². The minimum absolute atomic E-state index is 0. The molecule has 1 heterocycles. The van der Waals surface area contributed by atoms with Gasteiger partial charge in [-0.15, -0.1) is 0 Å². The molecule has 1 saturated carbocycles. The zero-order valence-electron chi connectivity index (χ0n) is 26.0. The van der Waals surface area contributed by atoms with Crippen LogP contribution in [0.3, 0.4) is 0 Å². The number of anilines is 1. The number of aliphatic carboxylic acids is 1. The smallest absolute Gasteiger partial charge is 0.548 e. The van der Waals surface area contributed by atoms with Crippen LogP contribution in [0.25, 0.3) is 0 Å². The summed E-state index contributed by atoms with van der Waals surface area (Å²) < 4.78 is 21.9. The van der Waals surface area contributed by atoms with E-state index >= 15 is 4.39 Å². The van der Waals surface area contributed by atoms with Crippen LogP contribution in [-0.4, -0.2) is 51.3 Å². The molecule has 3 amide bonds. The van der Waals surface area contributed by atoms with Gasteiger partial charge in [0.05, 0.1) is 17.7 Å². The summed E-state index contributed by atoms with van der Waals surface area (Å²) in [5.74, 6) is -3.85. The van der Waals surface area contributed by atoms with Crippen molar-refractivity contribution in [3.63, 3.8) is 0 Å². The number of benzene rings is 1. The first-order chi connectivity index (χ1) is 19.7. The van der Waals surface area contributed by atoms with Gasteiger partial charge in [-0.3, -0.25) is 14.3 Å². The number of ether oxygens (including phenoxy) is 1. The Kier molecular flexibility index (Phi) is 12.8. The summed E-state index contributed by atoms with van der Waals surface area (Å²) in [6.07, 6.45) is 3.87. The molecule has 1 aliphatic rings.